The van der Waals surface area contributed by atoms with E-state index in [1.165, 1.54) is 5.57 Å². The molecular formula is C8H19NS. The van der Waals surface area contributed by atoms with Gasteiger partial charge in [0.25, 0.3) is 0 Å². The number of nitrogens with one attached hydrogen (secondary N) is 1. The molecule has 2 heteroatoms. The van der Waals surface area contributed by atoms with Crippen LogP contribution >= 0.6 is 12.6 Å². The fraction of sp³-hybridized carbons (Fsp3) is 0.750. The Labute approximate surface area is 70.3 Å². The van der Waals surface area contributed by atoms with E-state index in [4.69, 9.17) is 0 Å². The van der Waals surface area contributed by atoms with Crippen molar-refractivity contribution in [3.63, 3.8) is 0 Å². The SMILES string of the molecule is CC=C(C)C.CNC(C)S. The zero-order valence-electron chi connectivity index (χ0n) is 7.60. The average Bonchev–Trinajstić information content (AvgIpc) is 1.89. The van der Waals surface area contributed by atoms with Crippen molar-refractivity contribution < 1.29 is 0 Å². The van der Waals surface area contributed by atoms with E-state index < -0.39 is 0 Å². The van der Waals surface area contributed by atoms with Gasteiger partial charge in [-0.3, -0.25) is 0 Å². The fourth-order valence-corrected chi connectivity index (χ4v) is 0. The average molecular weight is 161 g/mol. The third-order valence-electron chi connectivity index (χ3n) is 0.995. The van der Waals surface area contributed by atoms with E-state index in [9.17, 15) is 0 Å². The van der Waals surface area contributed by atoms with Crippen LogP contribution in [0.1, 0.15) is 27.7 Å². The van der Waals surface area contributed by atoms with Crippen LogP contribution in [0.3, 0.4) is 0 Å². The minimum absolute atomic E-state index is 0.329. The van der Waals surface area contributed by atoms with Crippen LogP contribution in [0.25, 0.3) is 0 Å². The summed E-state index contributed by atoms with van der Waals surface area (Å²) in [6.45, 7) is 8.18. The van der Waals surface area contributed by atoms with Gasteiger partial charge in [0, 0.05) is 5.37 Å². The highest BCUT2D eigenvalue weighted by atomic mass is 32.1. The van der Waals surface area contributed by atoms with E-state index in [1.807, 2.05) is 20.9 Å². The van der Waals surface area contributed by atoms with Gasteiger partial charge in [-0.05, 0) is 34.7 Å². The number of allylic oxidation sites excluding steroid dienone is 2. The Bertz CT molecular complexity index is 83.3. The van der Waals surface area contributed by atoms with E-state index in [2.05, 4.69) is 37.9 Å². The van der Waals surface area contributed by atoms with Crippen LogP contribution in [0.5, 0.6) is 0 Å². The van der Waals surface area contributed by atoms with Crippen LogP contribution in [0, 0.1) is 0 Å². The number of hydrogen-bond donors (Lipinski definition) is 2. The third kappa shape index (κ3) is 24.4. The second-order valence-electron chi connectivity index (χ2n) is 2.33. The summed E-state index contributed by atoms with van der Waals surface area (Å²) < 4.78 is 0. The van der Waals surface area contributed by atoms with Crippen LogP contribution in [0.4, 0.5) is 0 Å². The van der Waals surface area contributed by atoms with Crippen molar-refractivity contribution in [3.05, 3.63) is 11.6 Å². The van der Waals surface area contributed by atoms with E-state index in [-0.39, 0.29) is 0 Å². The highest BCUT2D eigenvalue weighted by molar-refractivity contribution is 7.80. The first-order valence-electron chi connectivity index (χ1n) is 3.49. The van der Waals surface area contributed by atoms with Crippen molar-refractivity contribution in [3.8, 4) is 0 Å². The molecule has 1 atom stereocenters. The summed E-state index contributed by atoms with van der Waals surface area (Å²) >= 11 is 3.99. The van der Waals surface area contributed by atoms with Gasteiger partial charge in [-0.1, -0.05) is 11.6 Å². The maximum absolute atomic E-state index is 3.99. The predicted octanol–water partition coefficient (Wildman–Crippen LogP) is 2.45. The van der Waals surface area contributed by atoms with Gasteiger partial charge in [-0.2, -0.15) is 12.6 Å². The Hall–Kier alpha value is 0.0500. The van der Waals surface area contributed by atoms with Crippen molar-refractivity contribution in [2.75, 3.05) is 7.05 Å². The minimum Gasteiger partial charge on any atom is -0.309 e. The molecule has 0 radical (unpaired) electrons. The van der Waals surface area contributed by atoms with Gasteiger partial charge in [-0.15, -0.1) is 0 Å². The fourth-order valence-electron chi connectivity index (χ4n) is 0. The summed E-state index contributed by atoms with van der Waals surface area (Å²) in [6.07, 6.45) is 2.08. The van der Waals surface area contributed by atoms with Gasteiger partial charge in [0.15, 0.2) is 0 Å². The normalized spacial score (nSPS) is 11.0. The molecular weight excluding hydrogens is 142 g/mol. The standard InChI is InChI=1S/C5H10.C3H9NS/c1-4-5(2)3;1-3(5)4-2/h4H,1-3H3;3-5H,1-2H3. The zero-order chi connectivity index (χ0) is 8.57. The molecule has 0 saturated carbocycles. The smallest absolute Gasteiger partial charge is 0.0471 e. The molecule has 1 nitrogen and oxygen atoms in total. The van der Waals surface area contributed by atoms with Crippen LogP contribution in [-0.4, -0.2) is 12.4 Å². The van der Waals surface area contributed by atoms with Gasteiger partial charge in [0.1, 0.15) is 0 Å². The quantitative estimate of drug-likeness (QED) is 0.342. The minimum atomic E-state index is 0.329. The monoisotopic (exact) mass is 161 g/mol. The second-order valence-corrected chi connectivity index (χ2v) is 3.11. The van der Waals surface area contributed by atoms with E-state index >= 15 is 0 Å². The summed E-state index contributed by atoms with van der Waals surface area (Å²) in [7, 11) is 1.87. The first kappa shape index (κ1) is 12.7. The molecule has 0 bridgehead atoms. The van der Waals surface area contributed by atoms with Gasteiger partial charge >= 0.3 is 0 Å². The van der Waals surface area contributed by atoms with E-state index in [0.29, 0.717) is 5.37 Å². The Morgan fingerprint density at radius 2 is 1.70 bits per heavy atom. The first-order valence-corrected chi connectivity index (χ1v) is 4.01. The van der Waals surface area contributed by atoms with Crippen LogP contribution in [-0.2, 0) is 0 Å². The van der Waals surface area contributed by atoms with Gasteiger partial charge < -0.3 is 5.32 Å². The molecule has 62 valence electrons. The summed E-state index contributed by atoms with van der Waals surface area (Å²) in [5, 5.41) is 3.22. The molecule has 1 unspecified atom stereocenters. The van der Waals surface area contributed by atoms with Crippen molar-refractivity contribution in [2.45, 2.75) is 33.1 Å². The lowest BCUT2D eigenvalue weighted by atomic mass is 10.3. The third-order valence-corrected chi connectivity index (χ3v) is 1.25. The second kappa shape index (κ2) is 9.05. The Morgan fingerprint density at radius 1 is 1.50 bits per heavy atom. The number of rotatable bonds is 1. The van der Waals surface area contributed by atoms with Crippen molar-refractivity contribution >= 4 is 12.6 Å². The molecule has 0 aromatic carbocycles. The zero-order valence-corrected chi connectivity index (χ0v) is 8.50. The molecule has 0 spiro atoms. The molecule has 0 aliphatic heterocycles. The first-order chi connectivity index (χ1) is 4.54. The molecule has 0 aromatic heterocycles. The molecule has 1 N–H and O–H groups in total. The van der Waals surface area contributed by atoms with E-state index in [0.717, 1.165) is 0 Å². The van der Waals surface area contributed by atoms with Crippen LogP contribution in [0.15, 0.2) is 11.6 Å². The topological polar surface area (TPSA) is 12.0 Å². The molecule has 0 rings (SSSR count). The summed E-state index contributed by atoms with van der Waals surface area (Å²) in [6, 6.07) is 0. The molecule has 0 aromatic rings. The molecule has 0 heterocycles. The van der Waals surface area contributed by atoms with Crippen molar-refractivity contribution in [1.82, 2.24) is 5.32 Å². The van der Waals surface area contributed by atoms with E-state index in [1.54, 1.807) is 0 Å². The molecule has 0 amide bonds. The highest BCUT2D eigenvalue weighted by Crippen LogP contribution is 1.82. The van der Waals surface area contributed by atoms with Gasteiger partial charge in [-0.25, -0.2) is 0 Å². The maximum atomic E-state index is 3.99. The summed E-state index contributed by atoms with van der Waals surface area (Å²) in [5.41, 5.74) is 1.38. The molecule has 0 fully saturated rings. The lowest BCUT2D eigenvalue weighted by Gasteiger charge is -1.94. The van der Waals surface area contributed by atoms with Crippen LogP contribution < -0.4 is 5.32 Å². The maximum Gasteiger partial charge on any atom is 0.0471 e. The molecule has 10 heavy (non-hydrogen) atoms. The van der Waals surface area contributed by atoms with Crippen molar-refractivity contribution in [1.29, 1.82) is 0 Å². The summed E-state index contributed by atoms with van der Waals surface area (Å²) in [5.74, 6) is 0. The van der Waals surface area contributed by atoms with Crippen molar-refractivity contribution in [2.24, 2.45) is 0 Å². The Balaban J connectivity index is 0. The Morgan fingerprint density at radius 3 is 1.70 bits per heavy atom. The molecule has 0 aliphatic rings. The Kier molecular flexibility index (Phi) is 11.5. The number of hydrogen-bond acceptors (Lipinski definition) is 2. The summed E-state index contributed by atoms with van der Waals surface area (Å²) in [4.78, 5) is 0. The molecule has 0 saturated heterocycles. The van der Waals surface area contributed by atoms with Crippen LogP contribution in [0.2, 0.25) is 0 Å². The highest BCUT2D eigenvalue weighted by Gasteiger charge is 1.77. The predicted molar refractivity (Wildman–Crippen MR) is 52.6 cm³/mol. The number of thiol groups is 1. The largest absolute Gasteiger partial charge is 0.309 e. The van der Waals surface area contributed by atoms with Gasteiger partial charge in [0.05, 0.1) is 0 Å². The molecule has 0 aliphatic carbocycles. The lowest BCUT2D eigenvalue weighted by Crippen LogP contribution is -2.12. The van der Waals surface area contributed by atoms with Gasteiger partial charge in [0.2, 0.25) is 0 Å². The lowest BCUT2D eigenvalue weighted by molar-refractivity contribution is 0.812.